The van der Waals surface area contributed by atoms with Crippen LogP contribution in [0.4, 0.5) is 0 Å². The van der Waals surface area contributed by atoms with Crippen molar-refractivity contribution in [3.8, 4) is 0 Å². The van der Waals surface area contributed by atoms with Gasteiger partial charge in [-0.1, -0.05) is 26.2 Å². The molecule has 1 aliphatic rings. The molecule has 0 aromatic rings. The molecule has 0 aliphatic heterocycles. The summed E-state index contributed by atoms with van der Waals surface area (Å²) in [6.07, 6.45) is 5.42. The molecule has 1 rings (SSSR count). The van der Waals surface area contributed by atoms with E-state index in [0.29, 0.717) is 0 Å². The minimum Gasteiger partial charge on any atom is -0.478 e. The third-order valence-electron chi connectivity index (χ3n) is 3.11. The van der Waals surface area contributed by atoms with Crippen LogP contribution >= 0.6 is 0 Å². The van der Waals surface area contributed by atoms with Crippen LogP contribution in [-0.4, -0.2) is 22.2 Å². The fourth-order valence-electron chi connectivity index (χ4n) is 2.22. The lowest BCUT2D eigenvalue weighted by molar-refractivity contribution is -0.136. The van der Waals surface area contributed by atoms with Crippen molar-refractivity contribution >= 4 is 11.9 Å². The molecule has 0 bridgehead atoms. The monoisotopic (exact) mass is 212 g/mol. The quantitative estimate of drug-likeness (QED) is 0.702. The molecule has 0 heterocycles. The van der Waals surface area contributed by atoms with Crippen LogP contribution < -0.4 is 0 Å². The van der Waals surface area contributed by atoms with E-state index in [1.807, 2.05) is 6.92 Å². The molecule has 1 aliphatic carbocycles. The van der Waals surface area contributed by atoms with E-state index in [4.69, 9.17) is 10.2 Å². The van der Waals surface area contributed by atoms with Crippen LogP contribution in [0.2, 0.25) is 0 Å². The van der Waals surface area contributed by atoms with Gasteiger partial charge < -0.3 is 10.2 Å². The standard InChI is InChI=1S/C11H16O4/c1-11(5-3-2-4-6-11)8(10(14)15)7-9(12)13/h7H,2-6H2,1H3,(H,12,13)(H,14,15). The maximum Gasteiger partial charge on any atom is 0.332 e. The number of carboxylic acid groups (broad SMARTS) is 2. The van der Waals surface area contributed by atoms with Crippen LogP contribution in [-0.2, 0) is 9.59 Å². The predicted molar refractivity (Wildman–Crippen MR) is 54.5 cm³/mol. The molecule has 84 valence electrons. The average Bonchev–Trinajstić information content (AvgIpc) is 2.14. The van der Waals surface area contributed by atoms with Gasteiger partial charge in [0.15, 0.2) is 0 Å². The summed E-state index contributed by atoms with van der Waals surface area (Å²) < 4.78 is 0. The molecule has 0 aromatic heterocycles. The highest BCUT2D eigenvalue weighted by Crippen LogP contribution is 2.41. The van der Waals surface area contributed by atoms with Crippen molar-refractivity contribution in [3.05, 3.63) is 11.6 Å². The molecule has 0 aromatic carbocycles. The molecule has 1 fully saturated rings. The molecule has 0 radical (unpaired) electrons. The summed E-state index contributed by atoms with van der Waals surface area (Å²) in [6, 6.07) is 0. The summed E-state index contributed by atoms with van der Waals surface area (Å²) >= 11 is 0. The third kappa shape index (κ3) is 2.81. The van der Waals surface area contributed by atoms with E-state index in [9.17, 15) is 9.59 Å². The van der Waals surface area contributed by atoms with Gasteiger partial charge in [0.05, 0.1) is 5.57 Å². The molecular weight excluding hydrogens is 196 g/mol. The number of rotatable bonds is 3. The average molecular weight is 212 g/mol. The highest BCUT2D eigenvalue weighted by molar-refractivity contribution is 5.95. The minimum absolute atomic E-state index is 0.0368. The molecular formula is C11H16O4. The van der Waals surface area contributed by atoms with Gasteiger partial charge in [0.25, 0.3) is 0 Å². The fourth-order valence-corrected chi connectivity index (χ4v) is 2.22. The molecule has 0 atom stereocenters. The van der Waals surface area contributed by atoms with E-state index in [0.717, 1.165) is 38.2 Å². The maximum absolute atomic E-state index is 11.0. The first-order valence-corrected chi connectivity index (χ1v) is 5.14. The van der Waals surface area contributed by atoms with Gasteiger partial charge in [0.2, 0.25) is 0 Å². The van der Waals surface area contributed by atoms with Crippen LogP contribution in [0.3, 0.4) is 0 Å². The second-order valence-electron chi connectivity index (χ2n) is 4.32. The van der Waals surface area contributed by atoms with Crippen molar-refractivity contribution in [2.24, 2.45) is 5.41 Å². The Morgan fingerprint density at radius 1 is 1.13 bits per heavy atom. The second-order valence-corrected chi connectivity index (χ2v) is 4.32. The van der Waals surface area contributed by atoms with Gasteiger partial charge in [-0.25, -0.2) is 9.59 Å². The van der Waals surface area contributed by atoms with Gasteiger partial charge in [-0.15, -0.1) is 0 Å². The summed E-state index contributed by atoms with van der Waals surface area (Å²) in [4.78, 5) is 21.6. The molecule has 1 saturated carbocycles. The van der Waals surface area contributed by atoms with Gasteiger partial charge in [-0.2, -0.15) is 0 Å². The van der Waals surface area contributed by atoms with Crippen LogP contribution in [0.5, 0.6) is 0 Å². The molecule has 0 amide bonds. The number of aliphatic carboxylic acids is 2. The van der Waals surface area contributed by atoms with Gasteiger partial charge in [0.1, 0.15) is 0 Å². The largest absolute Gasteiger partial charge is 0.478 e. The van der Waals surface area contributed by atoms with Crippen LogP contribution in [0.15, 0.2) is 11.6 Å². The number of carbonyl (C=O) groups is 2. The zero-order valence-electron chi connectivity index (χ0n) is 8.82. The summed E-state index contributed by atoms with van der Waals surface area (Å²) in [6.45, 7) is 1.84. The number of carboxylic acids is 2. The molecule has 15 heavy (non-hydrogen) atoms. The molecule has 0 unspecified atom stereocenters. The van der Waals surface area contributed by atoms with Crippen molar-refractivity contribution in [3.63, 3.8) is 0 Å². The van der Waals surface area contributed by atoms with Crippen LogP contribution in [0.25, 0.3) is 0 Å². The van der Waals surface area contributed by atoms with Crippen molar-refractivity contribution in [2.75, 3.05) is 0 Å². The molecule has 0 spiro atoms. The van der Waals surface area contributed by atoms with Gasteiger partial charge in [-0.3, -0.25) is 0 Å². The zero-order valence-corrected chi connectivity index (χ0v) is 8.82. The predicted octanol–water partition coefficient (Wildman–Crippen LogP) is 2.05. The Hall–Kier alpha value is -1.32. The maximum atomic E-state index is 11.0. The smallest absolute Gasteiger partial charge is 0.332 e. The molecule has 0 saturated heterocycles. The summed E-state index contributed by atoms with van der Waals surface area (Å²) in [5, 5.41) is 17.6. The summed E-state index contributed by atoms with van der Waals surface area (Å²) in [7, 11) is 0. The van der Waals surface area contributed by atoms with E-state index in [-0.39, 0.29) is 5.57 Å². The minimum atomic E-state index is -1.18. The number of hydrogen-bond acceptors (Lipinski definition) is 2. The Morgan fingerprint density at radius 2 is 1.67 bits per heavy atom. The van der Waals surface area contributed by atoms with E-state index in [1.54, 1.807) is 0 Å². The lowest BCUT2D eigenvalue weighted by Crippen LogP contribution is -2.28. The highest BCUT2D eigenvalue weighted by atomic mass is 16.4. The Balaban J connectivity index is 2.97. The van der Waals surface area contributed by atoms with E-state index in [1.165, 1.54) is 0 Å². The topological polar surface area (TPSA) is 74.6 Å². The lowest BCUT2D eigenvalue weighted by atomic mass is 9.70. The first-order valence-electron chi connectivity index (χ1n) is 5.14. The first-order chi connectivity index (χ1) is 6.96. The van der Waals surface area contributed by atoms with E-state index < -0.39 is 17.4 Å². The molecule has 4 nitrogen and oxygen atoms in total. The Labute approximate surface area is 88.6 Å². The van der Waals surface area contributed by atoms with Crippen molar-refractivity contribution < 1.29 is 19.8 Å². The van der Waals surface area contributed by atoms with Crippen molar-refractivity contribution in [1.29, 1.82) is 0 Å². The SMILES string of the molecule is CC1(C(=CC(=O)O)C(=O)O)CCCCC1. The molecule has 4 heteroatoms. The summed E-state index contributed by atoms with van der Waals surface area (Å²) in [5.74, 6) is -2.29. The molecule has 2 N–H and O–H groups in total. The fraction of sp³-hybridized carbons (Fsp3) is 0.636. The van der Waals surface area contributed by atoms with Crippen LogP contribution in [0, 0.1) is 5.41 Å². The Morgan fingerprint density at radius 3 is 2.07 bits per heavy atom. The van der Waals surface area contributed by atoms with Gasteiger partial charge in [-0.05, 0) is 18.3 Å². The van der Waals surface area contributed by atoms with Crippen LogP contribution in [0.1, 0.15) is 39.0 Å². The highest BCUT2D eigenvalue weighted by Gasteiger charge is 2.35. The van der Waals surface area contributed by atoms with Crippen molar-refractivity contribution in [2.45, 2.75) is 39.0 Å². The Bertz CT molecular complexity index is 298. The van der Waals surface area contributed by atoms with Gasteiger partial charge in [0, 0.05) is 6.08 Å². The number of hydrogen-bond donors (Lipinski definition) is 2. The summed E-state index contributed by atoms with van der Waals surface area (Å²) in [5.41, 5.74) is -0.433. The first kappa shape index (κ1) is 11.8. The van der Waals surface area contributed by atoms with Gasteiger partial charge >= 0.3 is 11.9 Å². The zero-order chi connectivity index (χ0) is 11.5. The van der Waals surface area contributed by atoms with E-state index in [2.05, 4.69) is 0 Å². The van der Waals surface area contributed by atoms with Crippen molar-refractivity contribution in [1.82, 2.24) is 0 Å². The lowest BCUT2D eigenvalue weighted by Gasteiger charge is -2.33. The third-order valence-corrected chi connectivity index (χ3v) is 3.11. The normalized spacial score (nSPS) is 21.0. The second kappa shape index (κ2) is 4.47. The Kier molecular flexibility index (Phi) is 3.50. The van der Waals surface area contributed by atoms with E-state index >= 15 is 0 Å².